The highest BCUT2D eigenvalue weighted by Gasteiger charge is 2.18. The van der Waals surface area contributed by atoms with E-state index in [0.717, 1.165) is 11.5 Å². The average molecular weight is 267 g/mol. The number of amides is 1. The van der Waals surface area contributed by atoms with E-state index in [-0.39, 0.29) is 18.3 Å². The van der Waals surface area contributed by atoms with Crippen LogP contribution in [0, 0.1) is 11.3 Å². The topological polar surface area (TPSA) is 86.2 Å². The minimum absolute atomic E-state index is 0.0263. The fourth-order valence-electron chi connectivity index (χ4n) is 1.61. The maximum absolute atomic E-state index is 11.9. The van der Waals surface area contributed by atoms with E-state index in [0.29, 0.717) is 23.7 Å². The molecule has 0 spiro atoms. The van der Waals surface area contributed by atoms with Gasteiger partial charge in [-0.15, -0.1) is 0 Å². The van der Waals surface area contributed by atoms with Crippen molar-refractivity contribution in [3.05, 3.63) is 5.56 Å². The standard InChI is InChI=1S/C11H17N5OS/c1-4-16(5-2)9(17)7-15(3)11-8(6-12)10(13)14-18-11/h4-5,7H2,1-3H3,(H2,13,14). The van der Waals surface area contributed by atoms with Crippen LogP contribution in [0.15, 0.2) is 0 Å². The molecule has 0 fully saturated rings. The molecule has 18 heavy (non-hydrogen) atoms. The largest absolute Gasteiger partial charge is 0.382 e. The molecule has 1 amide bonds. The lowest BCUT2D eigenvalue weighted by atomic mass is 10.3. The van der Waals surface area contributed by atoms with E-state index >= 15 is 0 Å². The summed E-state index contributed by atoms with van der Waals surface area (Å²) in [5.74, 6) is 0.248. The van der Waals surface area contributed by atoms with Crippen molar-refractivity contribution in [2.75, 3.05) is 37.3 Å². The third kappa shape index (κ3) is 2.90. The summed E-state index contributed by atoms with van der Waals surface area (Å²) in [5, 5.41) is 9.62. The van der Waals surface area contributed by atoms with Gasteiger partial charge in [-0.2, -0.15) is 9.64 Å². The molecule has 1 rings (SSSR count). The number of carbonyl (C=O) groups is 1. The van der Waals surface area contributed by atoms with Crippen LogP contribution in [0.5, 0.6) is 0 Å². The number of nitrogen functional groups attached to an aromatic ring is 1. The van der Waals surface area contributed by atoms with E-state index < -0.39 is 0 Å². The van der Waals surface area contributed by atoms with E-state index in [9.17, 15) is 4.79 Å². The third-order valence-corrected chi connectivity index (χ3v) is 3.62. The van der Waals surface area contributed by atoms with Gasteiger partial charge in [-0.1, -0.05) is 0 Å². The molecule has 0 atom stereocenters. The lowest BCUT2D eigenvalue weighted by Crippen LogP contribution is -2.38. The smallest absolute Gasteiger partial charge is 0.242 e. The molecular weight excluding hydrogens is 250 g/mol. The molecule has 0 saturated carbocycles. The number of aromatic nitrogens is 1. The average Bonchev–Trinajstić information content (AvgIpc) is 2.71. The Morgan fingerprint density at radius 3 is 2.61 bits per heavy atom. The third-order valence-electron chi connectivity index (χ3n) is 2.65. The molecule has 98 valence electrons. The predicted octanol–water partition coefficient (Wildman–Crippen LogP) is 0.902. The summed E-state index contributed by atoms with van der Waals surface area (Å²) in [6.07, 6.45) is 0. The molecule has 6 nitrogen and oxygen atoms in total. The Balaban J connectivity index is 2.80. The van der Waals surface area contributed by atoms with Crippen LogP contribution < -0.4 is 10.6 Å². The zero-order chi connectivity index (χ0) is 13.7. The summed E-state index contributed by atoms with van der Waals surface area (Å²) in [6, 6.07) is 2.01. The Kier molecular flexibility index (Phi) is 4.92. The van der Waals surface area contributed by atoms with E-state index in [2.05, 4.69) is 4.37 Å². The summed E-state index contributed by atoms with van der Waals surface area (Å²) >= 11 is 1.14. The summed E-state index contributed by atoms with van der Waals surface area (Å²) in [5.41, 5.74) is 5.93. The van der Waals surface area contributed by atoms with Gasteiger partial charge in [-0.25, -0.2) is 0 Å². The fourth-order valence-corrected chi connectivity index (χ4v) is 2.33. The van der Waals surface area contributed by atoms with Crippen LogP contribution in [-0.4, -0.2) is 41.9 Å². The second-order valence-corrected chi connectivity index (χ2v) is 4.53. The molecule has 7 heteroatoms. The molecule has 1 aromatic heterocycles. The van der Waals surface area contributed by atoms with Crippen molar-refractivity contribution in [1.29, 1.82) is 5.26 Å². The predicted molar refractivity (Wildman–Crippen MR) is 72.4 cm³/mol. The van der Waals surface area contributed by atoms with Gasteiger partial charge in [-0.05, 0) is 25.4 Å². The highest BCUT2D eigenvalue weighted by molar-refractivity contribution is 7.10. The van der Waals surface area contributed by atoms with Crippen molar-refractivity contribution in [1.82, 2.24) is 9.27 Å². The van der Waals surface area contributed by atoms with Gasteiger partial charge >= 0.3 is 0 Å². The number of anilines is 2. The van der Waals surface area contributed by atoms with Gasteiger partial charge in [0.1, 0.15) is 16.6 Å². The molecule has 0 bridgehead atoms. The van der Waals surface area contributed by atoms with Crippen LogP contribution in [-0.2, 0) is 4.79 Å². The van der Waals surface area contributed by atoms with E-state index in [1.165, 1.54) is 0 Å². The Labute approximate surface area is 111 Å². The van der Waals surface area contributed by atoms with E-state index in [4.69, 9.17) is 11.0 Å². The molecular formula is C11H17N5OS. The number of rotatable bonds is 5. The van der Waals surface area contributed by atoms with Gasteiger partial charge in [0, 0.05) is 20.1 Å². The van der Waals surface area contributed by atoms with Gasteiger partial charge in [-0.3, -0.25) is 4.79 Å². The van der Waals surface area contributed by atoms with Crippen LogP contribution >= 0.6 is 11.5 Å². The zero-order valence-electron chi connectivity index (χ0n) is 10.8. The van der Waals surface area contributed by atoms with Crippen molar-refractivity contribution in [2.24, 2.45) is 0 Å². The summed E-state index contributed by atoms with van der Waals surface area (Å²) in [7, 11) is 1.76. The second-order valence-electron chi connectivity index (χ2n) is 3.78. The Morgan fingerprint density at radius 2 is 2.11 bits per heavy atom. The molecule has 0 radical (unpaired) electrons. The SMILES string of the molecule is CCN(CC)C(=O)CN(C)c1snc(N)c1C#N. The molecule has 0 unspecified atom stereocenters. The zero-order valence-corrected chi connectivity index (χ0v) is 11.6. The van der Waals surface area contributed by atoms with Crippen molar-refractivity contribution in [2.45, 2.75) is 13.8 Å². The highest BCUT2D eigenvalue weighted by Crippen LogP contribution is 2.28. The molecule has 1 heterocycles. The van der Waals surface area contributed by atoms with Gasteiger partial charge in [0.25, 0.3) is 0 Å². The molecule has 0 saturated heterocycles. The van der Waals surface area contributed by atoms with E-state index in [1.54, 1.807) is 16.8 Å². The highest BCUT2D eigenvalue weighted by atomic mass is 32.1. The Bertz CT molecular complexity index is 460. The molecule has 0 aromatic carbocycles. The molecule has 1 aromatic rings. The fraction of sp³-hybridized carbons (Fsp3) is 0.545. The normalized spacial score (nSPS) is 9.89. The number of hydrogen-bond acceptors (Lipinski definition) is 6. The first-order valence-electron chi connectivity index (χ1n) is 5.69. The second kappa shape index (κ2) is 6.21. The lowest BCUT2D eigenvalue weighted by Gasteiger charge is -2.23. The minimum atomic E-state index is 0.0263. The first-order valence-corrected chi connectivity index (χ1v) is 6.46. The van der Waals surface area contributed by atoms with Crippen molar-refractivity contribution in [3.8, 4) is 6.07 Å². The summed E-state index contributed by atoms with van der Waals surface area (Å²) < 4.78 is 3.93. The molecule has 0 aliphatic rings. The van der Waals surface area contributed by atoms with Crippen LogP contribution in [0.25, 0.3) is 0 Å². The van der Waals surface area contributed by atoms with Crippen molar-refractivity contribution < 1.29 is 4.79 Å². The van der Waals surface area contributed by atoms with Gasteiger partial charge < -0.3 is 15.5 Å². The number of nitriles is 1. The Morgan fingerprint density at radius 1 is 1.50 bits per heavy atom. The van der Waals surface area contributed by atoms with Gasteiger partial charge in [0.15, 0.2) is 5.82 Å². The number of nitrogens with two attached hydrogens (primary N) is 1. The van der Waals surface area contributed by atoms with Gasteiger partial charge in [0.2, 0.25) is 5.91 Å². The van der Waals surface area contributed by atoms with Crippen molar-refractivity contribution in [3.63, 3.8) is 0 Å². The molecule has 2 N–H and O–H groups in total. The van der Waals surface area contributed by atoms with Crippen molar-refractivity contribution >= 4 is 28.3 Å². The van der Waals surface area contributed by atoms with Crippen LogP contribution in [0.1, 0.15) is 19.4 Å². The monoisotopic (exact) mass is 267 g/mol. The number of likely N-dealkylation sites (N-methyl/N-ethyl adjacent to an activating group) is 2. The molecule has 0 aliphatic carbocycles. The van der Waals surface area contributed by atoms with E-state index in [1.807, 2.05) is 19.9 Å². The van der Waals surface area contributed by atoms with Crippen LogP contribution in [0.4, 0.5) is 10.8 Å². The maximum atomic E-state index is 11.9. The quantitative estimate of drug-likeness (QED) is 0.856. The summed E-state index contributed by atoms with van der Waals surface area (Å²) in [4.78, 5) is 15.4. The van der Waals surface area contributed by atoms with Crippen LogP contribution in [0.3, 0.4) is 0 Å². The Hall–Kier alpha value is -1.81. The maximum Gasteiger partial charge on any atom is 0.242 e. The molecule has 0 aliphatic heterocycles. The van der Waals surface area contributed by atoms with Crippen LogP contribution in [0.2, 0.25) is 0 Å². The number of carbonyl (C=O) groups excluding carboxylic acids is 1. The number of hydrogen-bond donors (Lipinski definition) is 1. The van der Waals surface area contributed by atoms with Gasteiger partial charge in [0.05, 0.1) is 6.54 Å². The first-order chi connectivity index (χ1) is 8.54. The summed E-state index contributed by atoms with van der Waals surface area (Å²) in [6.45, 7) is 5.45. The first kappa shape index (κ1) is 14.3. The lowest BCUT2D eigenvalue weighted by molar-refractivity contribution is -0.129. The number of nitrogens with zero attached hydrogens (tertiary/aromatic N) is 4. The minimum Gasteiger partial charge on any atom is -0.382 e.